The van der Waals surface area contributed by atoms with Gasteiger partial charge >= 0.3 is 0 Å². The molecule has 0 saturated carbocycles. The van der Waals surface area contributed by atoms with Crippen molar-refractivity contribution in [3.63, 3.8) is 0 Å². The Morgan fingerprint density at radius 2 is 1.01 bits per heavy atom. The third kappa shape index (κ3) is 16.8. The van der Waals surface area contributed by atoms with E-state index >= 15 is 0 Å². The molecule has 0 amide bonds. The number of ether oxygens (including phenoxy) is 6. The summed E-state index contributed by atoms with van der Waals surface area (Å²) in [6.45, 7) is 34.0. The first-order valence-electron chi connectivity index (χ1n) is 28.3. The van der Waals surface area contributed by atoms with E-state index < -0.39 is 62.2 Å². The topological polar surface area (TPSA) is 240 Å². The van der Waals surface area contributed by atoms with Gasteiger partial charge in [0.25, 0.3) is 0 Å². The summed E-state index contributed by atoms with van der Waals surface area (Å²) in [7, 11) is -9.64. The highest BCUT2D eigenvalue weighted by atomic mass is 79.9. The molecule has 0 N–H and O–H groups in total. The molecule has 6 aromatic rings. The molecule has 2 saturated heterocycles. The van der Waals surface area contributed by atoms with Crippen LogP contribution >= 0.6 is 31.9 Å². The van der Waals surface area contributed by atoms with Crippen LogP contribution in [0.25, 0.3) is 22.8 Å². The largest absolute Gasteiger partial charge is 0.366 e. The maximum Gasteiger partial charge on any atom is 0.243 e. The van der Waals surface area contributed by atoms with Crippen molar-refractivity contribution < 1.29 is 45.3 Å². The molecule has 0 unspecified atom stereocenters. The molecule has 8 rings (SSSR count). The molecular weight excluding hydrogens is 1260 g/mol. The molecule has 26 heteroatoms. The number of sulfonamides is 1. The zero-order valence-corrected chi connectivity index (χ0v) is 57.2. The third-order valence-electron chi connectivity index (χ3n) is 14.2. The maximum absolute atomic E-state index is 14.9. The van der Waals surface area contributed by atoms with Crippen molar-refractivity contribution in [3.8, 4) is 22.8 Å². The van der Waals surface area contributed by atoms with Crippen molar-refractivity contribution in [3.05, 3.63) is 110 Å². The monoisotopic (exact) mass is 1340 g/mol. The average Bonchev–Trinajstić information content (AvgIpc) is 3.48. The average molecular weight is 1350 g/mol. The Labute approximate surface area is 514 Å². The van der Waals surface area contributed by atoms with E-state index in [1.54, 1.807) is 38.6 Å². The van der Waals surface area contributed by atoms with Crippen LogP contribution in [0.5, 0.6) is 0 Å². The highest BCUT2D eigenvalue weighted by Gasteiger charge is 2.44. The Hall–Kier alpha value is -4.48. The Morgan fingerprint density at radius 1 is 0.607 bits per heavy atom. The van der Waals surface area contributed by atoms with E-state index in [0.29, 0.717) is 61.6 Å². The van der Waals surface area contributed by atoms with E-state index in [1.165, 1.54) is 4.31 Å². The van der Waals surface area contributed by atoms with Crippen molar-refractivity contribution in [1.29, 1.82) is 0 Å². The molecule has 2 aromatic carbocycles. The zero-order valence-electron chi connectivity index (χ0n) is 51.4. The standard InChI is InChI=1S/C31H47BrN6O5SSi.C27H36BrN5O5S/c1-20(2)43-27(28-33-16-22(4)17-34-28)23(5)44(39,40)37(13-14-45(8,9)10)30-36-35-29(25-15-21(3)11-12-26(25)32)38(30)24-18-41-31(6,7)42-19-24;1-16(2)38-24(25-29-11-18(4)12-30-25)19(5)39(34,35)15-23-31-32-26(21-10-17(3)8-9-22(21)28)33(23)20-13-36-27(6,7)37-14-20/h11-12,15-17,20,23-24,27H,13-14,18-19H2,1-10H3;8-12,16,19-20,24H,13-15H2,1-7H3/t23-,27+;19-,24+/m00/s1. The second-order valence-corrected chi connectivity index (χ2v) is 36.3. The van der Waals surface area contributed by atoms with E-state index in [-0.39, 0.29) is 42.5 Å². The molecule has 460 valence electrons. The fourth-order valence-electron chi connectivity index (χ4n) is 9.33. The van der Waals surface area contributed by atoms with Crippen molar-refractivity contribution in [2.45, 2.75) is 187 Å². The molecule has 6 heterocycles. The lowest BCUT2D eigenvalue weighted by atomic mass is 10.1. The van der Waals surface area contributed by atoms with Gasteiger partial charge in [0.2, 0.25) is 16.0 Å². The number of rotatable bonds is 21. The van der Waals surface area contributed by atoms with Gasteiger partial charge in [-0.05, 0) is 138 Å². The molecule has 0 spiro atoms. The molecule has 21 nitrogen and oxygen atoms in total. The van der Waals surface area contributed by atoms with E-state index in [0.717, 1.165) is 42.3 Å². The summed E-state index contributed by atoms with van der Waals surface area (Å²) in [5, 5.41) is 16.1. The Bertz CT molecular complexity index is 3420. The summed E-state index contributed by atoms with van der Waals surface area (Å²) in [4.78, 5) is 17.7. The maximum atomic E-state index is 14.9. The van der Waals surface area contributed by atoms with Gasteiger partial charge < -0.3 is 33.0 Å². The molecule has 2 aliphatic rings. The number of anilines is 1. The summed E-state index contributed by atoms with van der Waals surface area (Å²) < 4.78 is 101. The van der Waals surface area contributed by atoms with Crippen LogP contribution in [0.4, 0.5) is 5.95 Å². The fourth-order valence-corrected chi connectivity index (χ4v) is 14.2. The van der Waals surface area contributed by atoms with Gasteiger partial charge in [0, 0.05) is 59.5 Å². The minimum absolute atomic E-state index is 0.216. The third-order valence-corrected chi connectivity index (χ3v) is 21.5. The Balaban J connectivity index is 0.000000243. The predicted octanol–water partition coefficient (Wildman–Crippen LogP) is 11.4. The summed E-state index contributed by atoms with van der Waals surface area (Å²) in [5.41, 5.74) is 5.42. The molecule has 4 atom stereocenters. The second kappa shape index (κ2) is 27.3. The van der Waals surface area contributed by atoms with Gasteiger partial charge in [0.1, 0.15) is 29.0 Å². The molecule has 0 aliphatic carbocycles. The van der Waals surface area contributed by atoms with Crippen molar-refractivity contribution in [1.82, 2.24) is 49.5 Å². The summed E-state index contributed by atoms with van der Waals surface area (Å²) in [6, 6.07) is 11.9. The van der Waals surface area contributed by atoms with Crippen molar-refractivity contribution >= 4 is 65.7 Å². The van der Waals surface area contributed by atoms with Crippen LogP contribution in [0.3, 0.4) is 0 Å². The van der Waals surface area contributed by atoms with Crippen LogP contribution in [0.2, 0.25) is 25.7 Å². The Kier molecular flexibility index (Phi) is 21.8. The highest BCUT2D eigenvalue weighted by molar-refractivity contribution is 9.11. The van der Waals surface area contributed by atoms with Gasteiger partial charge in [-0.2, -0.15) is 0 Å². The van der Waals surface area contributed by atoms with Crippen LogP contribution in [-0.2, 0) is 54.0 Å². The van der Waals surface area contributed by atoms with Gasteiger partial charge in [-0.3, -0.25) is 4.57 Å². The Morgan fingerprint density at radius 3 is 1.44 bits per heavy atom. The molecule has 4 aromatic heterocycles. The van der Waals surface area contributed by atoms with Crippen LogP contribution in [0.15, 0.2) is 70.1 Å². The normalized spacial score (nSPS) is 17.6. The zero-order chi connectivity index (χ0) is 61.9. The lowest BCUT2D eigenvalue weighted by Crippen LogP contribution is -2.46. The first kappa shape index (κ1) is 67.0. The van der Waals surface area contributed by atoms with Crippen LogP contribution in [0.1, 0.15) is 133 Å². The summed E-state index contributed by atoms with van der Waals surface area (Å²) in [6.07, 6.45) is 4.42. The molecule has 2 aliphatic heterocycles. The summed E-state index contributed by atoms with van der Waals surface area (Å²) >= 11 is 7.30. The number of hydrogen-bond donors (Lipinski definition) is 0. The van der Waals surface area contributed by atoms with E-state index in [9.17, 15) is 16.8 Å². The molecule has 2 fully saturated rings. The summed E-state index contributed by atoms with van der Waals surface area (Å²) in [5.74, 6) is 0.378. The minimum Gasteiger partial charge on any atom is -0.366 e. The van der Waals surface area contributed by atoms with Gasteiger partial charge in [0.15, 0.2) is 44.7 Å². The number of hydrogen-bond acceptors (Lipinski definition) is 18. The molecule has 0 bridgehead atoms. The number of sulfone groups is 1. The number of nitrogens with zero attached hydrogens (tertiary/aromatic N) is 11. The predicted molar refractivity (Wildman–Crippen MR) is 333 cm³/mol. The van der Waals surface area contributed by atoms with Crippen molar-refractivity contribution in [2.75, 3.05) is 37.3 Å². The number of aryl methyl sites for hydroxylation is 4. The highest BCUT2D eigenvalue weighted by Crippen LogP contribution is 2.39. The van der Waals surface area contributed by atoms with Gasteiger partial charge in [-0.15, -0.1) is 20.4 Å². The van der Waals surface area contributed by atoms with Crippen LogP contribution < -0.4 is 4.31 Å². The lowest BCUT2D eigenvalue weighted by molar-refractivity contribution is -0.258. The second-order valence-electron chi connectivity index (χ2n) is 24.4. The lowest BCUT2D eigenvalue weighted by Gasteiger charge is -2.37. The minimum atomic E-state index is -4.12. The van der Waals surface area contributed by atoms with Gasteiger partial charge in [-0.1, -0.05) is 74.8 Å². The van der Waals surface area contributed by atoms with Crippen molar-refractivity contribution in [2.24, 2.45) is 0 Å². The smallest absolute Gasteiger partial charge is 0.243 e. The number of halogens is 2. The van der Waals surface area contributed by atoms with Crippen LogP contribution in [-0.4, -0.2) is 142 Å². The van der Waals surface area contributed by atoms with E-state index in [4.69, 9.17) is 28.4 Å². The quantitative estimate of drug-likeness (QED) is 0.0608. The van der Waals surface area contributed by atoms with Crippen LogP contribution in [0, 0.1) is 27.7 Å². The van der Waals surface area contributed by atoms with Gasteiger partial charge in [0.05, 0.1) is 56.0 Å². The number of benzene rings is 2. The molecular formula is C58H83Br2N11O10S2Si. The number of aromatic nitrogens is 10. The SMILES string of the molecule is Cc1cnc([C@H](OC(C)C)[C@H](C)S(=O)(=O)Cc2nnc(-c3cc(C)ccc3Br)n2C2COC(C)(C)OC2)nc1.Cc1cnc([C@H](OC(C)C)[C@H](C)S(=O)(=O)N(CC[Si](C)(C)C)c2nnc(-c3cc(C)ccc3Br)n2C2COC(C)(C)OC2)nc1. The van der Waals surface area contributed by atoms with Gasteiger partial charge in [-0.25, -0.2) is 41.1 Å². The molecule has 0 radical (unpaired) electrons. The first-order chi connectivity index (χ1) is 39.2. The first-order valence-corrected chi connectivity index (χ1v) is 36.8. The van der Waals surface area contributed by atoms with E-state index in [2.05, 4.69) is 91.8 Å². The van der Waals surface area contributed by atoms with E-state index in [1.807, 2.05) is 129 Å². The molecule has 84 heavy (non-hydrogen) atoms. The fraction of sp³-hybridized carbons (Fsp3) is 0.586.